The van der Waals surface area contributed by atoms with Crippen LogP contribution in [0, 0.1) is 0 Å². The topological polar surface area (TPSA) is 107 Å². The maximum atomic E-state index is 11.3. The first kappa shape index (κ1) is 13.2. The highest BCUT2D eigenvalue weighted by Crippen LogP contribution is 2.16. The van der Waals surface area contributed by atoms with Gasteiger partial charge in [0.05, 0.1) is 23.7 Å². The van der Waals surface area contributed by atoms with E-state index in [-0.39, 0.29) is 24.9 Å². The monoisotopic (exact) mass is 265 g/mol. The fourth-order valence-corrected chi connectivity index (χ4v) is 1.76. The molecule has 1 atom stereocenters. The number of benzene rings is 1. The molecule has 1 heterocycles. The highest BCUT2D eigenvalue weighted by atomic mass is 16.6. The Labute approximate surface area is 108 Å². The highest BCUT2D eigenvalue weighted by molar-refractivity contribution is 5.75. The summed E-state index contributed by atoms with van der Waals surface area (Å²) >= 11 is 0. The van der Waals surface area contributed by atoms with E-state index in [1.165, 1.54) is 0 Å². The second kappa shape index (κ2) is 5.57. The zero-order valence-corrected chi connectivity index (χ0v) is 10.4. The van der Waals surface area contributed by atoms with Gasteiger partial charge < -0.3 is 25.1 Å². The van der Waals surface area contributed by atoms with Gasteiger partial charge >= 0.3 is 11.8 Å². The van der Waals surface area contributed by atoms with E-state index < -0.39 is 6.09 Å². The molecule has 0 saturated heterocycles. The van der Waals surface area contributed by atoms with Crippen LogP contribution in [-0.2, 0) is 4.74 Å². The number of hydrogen-bond donors (Lipinski definition) is 4. The Morgan fingerprint density at radius 3 is 2.89 bits per heavy atom. The van der Waals surface area contributed by atoms with Crippen molar-refractivity contribution in [1.29, 1.82) is 0 Å². The minimum absolute atomic E-state index is 0.0390. The third-order valence-corrected chi connectivity index (χ3v) is 2.70. The zero-order chi connectivity index (χ0) is 13.8. The average molecular weight is 265 g/mol. The van der Waals surface area contributed by atoms with Crippen LogP contribution in [0.2, 0.25) is 0 Å². The Kier molecular flexibility index (Phi) is 3.86. The number of carbonyl (C=O) groups is 1. The molecule has 0 radical (unpaired) electrons. The van der Waals surface area contributed by atoms with Crippen molar-refractivity contribution >= 4 is 17.1 Å². The second-order valence-electron chi connectivity index (χ2n) is 4.11. The number of hydrogen-bond acceptors (Lipinski definition) is 4. The number of fused-ring (bicyclic) bond motifs is 1. The molecule has 0 aliphatic carbocycles. The molecule has 19 heavy (non-hydrogen) atoms. The smallest absolute Gasteiger partial charge is 0.407 e. The molecule has 0 aliphatic heterocycles. The standard InChI is InChI=1S/C12H15N3O4/c1-7(13-12(18)19-5-4-16)8-2-3-9-10(6-8)15-11(17)14-9/h2-3,6-7,16H,4-5H2,1H3,(H,13,18)(H2,14,15,17). The van der Waals surface area contributed by atoms with Crippen LogP contribution in [0.3, 0.4) is 0 Å². The number of aromatic nitrogens is 2. The highest BCUT2D eigenvalue weighted by Gasteiger charge is 2.11. The fourth-order valence-electron chi connectivity index (χ4n) is 1.76. The average Bonchev–Trinajstić information content (AvgIpc) is 2.75. The molecule has 1 aromatic heterocycles. The maximum absolute atomic E-state index is 11.3. The van der Waals surface area contributed by atoms with Crippen molar-refractivity contribution in [2.24, 2.45) is 0 Å². The zero-order valence-electron chi connectivity index (χ0n) is 10.4. The normalized spacial score (nSPS) is 12.3. The predicted molar refractivity (Wildman–Crippen MR) is 68.9 cm³/mol. The van der Waals surface area contributed by atoms with Gasteiger partial charge in [-0.3, -0.25) is 0 Å². The number of carbonyl (C=O) groups excluding carboxylic acids is 1. The lowest BCUT2D eigenvalue weighted by molar-refractivity contribution is 0.116. The number of aliphatic hydroxyl groups is 1. The molecule has 102 valence electrons. The van der Waals surface area contributed by atoms with Crippen molar-refractivity contribution in [1.82, 2.24) is 15.3 Å². The van der Waals surface area contributed by atoms with E-state index in [9.17, 15) is 9.59 Å². The van der Waals surface area contributed by atoms with E-state index >= 15 is 0 Å². The molecular formula is C12H15N3O4. The van der Waals surface area contributed by atoms with Gasteiger partial charge in [0, 0.05) is 0 Å². The van der Waals surface area contributed by atoms with Gasteiger partial charge in [-0.2, -0.15) is 0 Å². The largest absolute Gasteiger partial charge is 0.447 e. The van der Waals surface area contributed by atoms with Crippen LogP contribution in [0.1, 0.15) is 18.5 Å². The lowest BCUT2D eigenvalue weighted by Crippen LogP contribution is -2.28. The third-order valence-electron chi connectivity index (χ3n) is 2.70. The number of nitrogens with one attached hydrogen (secondary N) is 3. The first-order chi connectivity index (χ1) is 9.10. The minimum Gasteiger partial charge on any atom is -0.447 e. The third kappa shape index (κ3) is 3.14. The molecule has 1 amide bonds. The molecule has 2 aromatic rings. The summed E-state index contributed by atoms with van der Waals surface area (Å²) in [5, 5.41) is 11.2. The number of imidazole rings is 1. The summed E-state index contributed by atoms with van der Waals surface area (Å²) in [5.41, 5.74) is 1.96. The van der Waals surface area contributed by atoms with Gasteiger partial charge in [0.25, 0.3) is 0 Å². The summed E-state index contributed by atoms with van der Waals surface area (Å²) in [6.45, 7) is 1.55. The number of aliphatic hydroxyl groups excluding tert-OH is 1. The fraction of sp³-hybridized carbons (Fsp3) is 0.333. The van der Waals surface area contributed by atoms with Crippen molar-refractivity contribution in [2.75, 3.05) is 13.2 Å². The molecule has 7 heteroatoms. The predicted octanol–water partition coefficient (Wildman–Crippen LogP) is 0.636. The summed E-state index contributed by atoms with van der Waals surface area (Å²) in [4.78, 5) is 27.8. The van der Waals surface area contributed by atoms with Crippen molar-refractivity contribution in [3.63, 3.8) is 0 Å². The molecule has 0 saturated carbocycles. The van der Waals surface area contributed by atoms with Crippen LogP contribution in [0.4, 0.5) is 4.79 Å². The van der Waals surface area contributed by atoms with Crippen LogP contribution in [0.25, 0.3) is 11.0 Å². The summed E-state index contributed by atoms with van der Waals surface area (Å²) < 4.78 is 4.71. The number of alkyl carbamates (subject to hydrolysis) is 1. The van der Waals surface area contributed by atoms with E-state index in [1.807, 2.05) is 6.07 Å². The summed E-state index contributed by atoms with van der Waals surface area (Å²) in [7, 11) is 0. The molecule has 4 N–H and O–H groups in total. The first-order valence-corrected chi connectivity index (χ1v) is 5.86. The number of amides is 1. The van der Waals surface area contributed by atoms with Crippen LogP contribution in [-0.4, -0.2) is 34.4 Å². The molecule has 2 rings (SSSR count). The van der Waals surface area contributed by atoms with Gasteiger partial charge in [0.2, 0.25) is 0 Å². The quantitative estimate of drug-likeness (QED) is 0.650. The van der Waals surface area contributed by atoms with E-state index in [0.717, 1.165) is 5.56 Å². The van der Waals surface area contributed by atoms with Crippen LogP contribution >= 0.6 is 0 Å². The van der Waals surface area contributed by atoms with Gasteiger partial charge in [-0.1, -0.05) is 6.07 Å². The SMILES string of the molecule is CC(NC(=O)OCCO)c1ccc2[nH]c(=O)[nH]c2c1. The van der Waals surface area contributed by atoms with Crippen molar-refractivity contribution in [3.8, 4) is 0 Å². The van der Waals surface area contributed by atoms with Gasteiger partial charge in [0.15, 0.2) is 0 Å². The molecule has 1 aromatic carbocycles. The van der Waals surface area contributed by atoms with Crippen LogP contribution in [0.15, 0.2) is 23.0 Å². The van der Waals surface area contributed by atoms with Gasteiger partial charge in [-0.05, 0) is 24.6 Å². The lowest BCUT2D eigenvalue weighted by Gasteiger charge is -2.14. The number of ether oxygens (including phenoxy) is 1. The Bertz CT molecular complexity index is 631. The van der Waals surface area contributed by atoms with Crippen molar-refractivity contribution in [3.05, 3.63) is 34.2 Å². The Balaban J connectivity index is 2.10. The first-order valence-electron chi connectivity index (χ1n) is 5.86. The summed E-state index contributed by atoms with van der Waals surface area (Å²) in [6.07, 6.45) is -0.593. The molecule has 0 fully saturated rings. The second-order valence-corrected chi connectivity index (χ2v) is 4.11. The summed E-state index contributed by atoms with van der Waals surface area (Å²) in [6, 6.07) is 5.08. The minimum atomic E-state index is -0.593. The number of rotatable bonds is 4. The molecule has 0 spiro atoms. The summed E-state index contributed by atoms with van der Waals surface area (Å²) in [5.74, 6) is 0. The number of H-pyrrole nitrogens is 2. The van der Waals surface area contributed by atoms with E-state index in [4.69, 9.17) is 9.84 Å². The molecule has 7 nitrogen and oxygen atoms in total. The Hall–Kier alpha value is -2.28. The van der Waals surface area contributed by atoms with Gasteiger partial charge in [0.1, 0.15) is 6.61 Å². The van der Waals surface area contributed by atoms with E-state index in [2.05, 4.69) is 15.3 Å². The maximum Gasteiger partial charge on any atom is 0.407 e. The van der Waals surface area contributed by atoms with E-state index in [0.29, 0.717) is 11.0 Å². The molecular weight excluding hydrogens is 250 g/mol. The molecule has 1 unspecified atom stereocenters. The number of aromatic amines is 2. The lowest BCUT2D eigenvalue weighted by atomic mass is 10.1. The molecule has 0 bridgehead atoms. The van der Waals surface area contributed by atoms with Crippen LogP contribution < -0.4 is 11.0 Å². The van der Waals surface area contributed by atoms with Crippen molar-refractivity contribution in [2.45, 2.75) is 13.0 Å². The van der Waals surface area contributed by atoms with Gasteiger partial charge in [-0.25, -0.2) is 9.59 Å². The van der Waals surface area contributed by atoms with E-state index in [1.54, 1.807) is 19.1 Å². The Morgan fingerprint density at radius 1 is 1.42 bits per heavy atom. The molecule has 0 aliphatic rings. The van der Waals surface area contributed by atoms with Gasteiger partial charge in [-0.15, -0.1) is 0 Å². The van der Waals surface area contributed by atoms with Crippen molar-refractivity contribution < 1.29 is 14.6 Å². The Morgan fingerprint density at radius 2 is 2.16 bits per heavy atom. The van der Waals surface area contributed by atoms with Crippen LogP contribution in [0.5, 0.6) is 0 Å².